The molecule has 3 aromatic carbocycles. The fourth-order valence-electron chi connectivity index (χ4n) is 3.58. The Labute approximate surface area is 167 Å². The van der Waals surface area contributed by atoms with Crippen LogP contribution >= 0.6 is 0 Å². The lowest BCUT2D eigenvalue weighted by atomic mass is 9.95. The number of halogens is 3. The molecule has 148 valence electrons. The van der Waals surface area contributed by atoms with Gasteiger partial charge in [-0.05, 0) is 59.0 Å². The zero-order valence-electron chi connectivity index (χ0n) is 15.8. The summed E-state index contributed by atoms with van der Waals surface area (Å²) in [7, 11) is 1.57. The van der Waals surface area contributed by atoms with Crippen LogP contribution in [-0.4, -0.2) is 13.4 Å². The molecule has 0 fully saturated rings. The van der Waals surface area contributed by atoms with Gasteiger partial charge in [0, 0.05) is 19.1 Å². The molecule has 1 atom stereocenters. The molecule has 2 nitrogen and oxygen atoms in total. The highest BCUT2D eigenvalue weighted by atomic mass is 19.1. The summed E-state index contributed by atoms with van der Waals surface area (Å²) in [4.78, 5) is 0. The number of hydrogen-bond acceptors (Lipinski definition) is 2. The van der Waals surface area contributed by atoms with E-state index in [0.29, 0.717) is 29.7 Å². The maximum Gasteiger partial charge on any atom is 0.199 e. The van der Waals surface area contributed by atoms with Crippen LogP contribution in [0.4, 0.5) is 13.2 Å². The molecule has 4 rings (SSSR count). The Hall–Kier alpha value is -3.05. The van der Waals surface area contributed by atoms with Crippen molar-refractivity contribution >= 4 is 6.08 Å². The van der Waals surface area contributed by atoms with E-state index >= 15 is 0 Å². The molecule has 1 unspecified atom stereocenters. The summed E-state index contributed by atoms with van der Waals surface area (Å²) >= 11 is 0. The molecule has 0 aliphatic carbocycles. The number of ether oxygens (including phenoxy) is 2. The minimum absolute atomic E-state index is 0.129. The monoisotopic (exact) mass is 396 g/mol. The number of aryl methyl sites for hydroxylation is 1. The molecule has 1 aliphatic rings. The predicted octanol–water partition coefficient (Wildman–Crippen LogP) is 6.38. The van der Waals surface area contributed by atoms with Crippen molar-refractivity contribution in [1.82, 2.24) is 0 Å². The van der Waals surface area contributed by atoms with Gasteiger partial charge in [0.2, 0.25) is 0 Å². The van der Waals surface area contributed by atoms with Crippen molar-refractivity contribution in [2.75, 3.05) is 7.11 Å². The Morgan fingerprint density at radius 2 is 1.72 bits per heavy atom. The second-order valence-electron chi connectivity index (χ2n) is 6.90. The SMILES string of the molecule is C=Cc1ccc(-c2cc(F)c(-c3ccc4c(c3)CCC(OC)O4)c(F)c2)c(F)c1. The molecule has 0 aromatic heterocycles. The topological polar surface area (TPSA) is 18.5 Å². The number of fused-ring (bicyclic) bond motifs is 1. The van der Waals surface area contributed by atoms with Gasteiger partial charge in [-0.15, -0.1) is 0 Å². The molecule has 0 spiro atoms. The van der Waals surface area contributed by atoms with E-state index in [2.05, 4.69) is 6.58 Å². The van der Waals surface area contributed by atoms with E-state index in [1.165, 1.54) is 18.2 Å². The van der Waals surface area contributed by atoms with Crippen LogP contribution in [0.25, 0.3) is 28.3 Å². The zero-order valence-corrected chi connectivity index (χ0v) is 15.8. The first kappa shape index (κ1) is 19.3. The van der Waals surface area contributed by atoms with Crippen molar-refractivity contribution in [3.63, 3.8) is 0 Å². The van der Waals surface area contributed by atoms with Gasteiger partial charge in [0.05, 0.1) is 5.56 Å². The van der Waals surface area contributed by atoms with Crippen molar-refractivity contribution in [3.8, 4) is 28.0 Å². The van der Waals surface area contributed by atoms with E-state index < -0.39 is 17.5 Å². The zero-order chi connectivity index (χ0) is 20.5. The van der Waals surface area contributed by atoms with Crippen molar-refractivity contribution in [1.29, 1.82) is 0 Å². The Kier molecular flexibility index (Phi) is 5.16. The van der Waals surface area contributed by atoms with Gasteiger partial charge in [-0.3, -0.25) is 0 Å². The second-order valence-corrected chi connectivity index (χ2v) is 6.90. The average molecular weight is 396 g/mol. The Morgan fingerprint density at radius 1 is 0.966 bits per heavy atom. The number of benzene rings is 3. The van der Waals surface area contributed by atoms with Crippen LogP contribution < -0.4 is 4.74 Å². The lowest BCUT2D eigenvalue weighted by molar-refractivity contribution is -0.0653. The van der Waals surface area contributed by atoms with Crippen LogP contribution in [0.15, 0.2) is 55.1 Å². The summed E-state index contributed by atoms with van der Waals surface area (Å²) in [6.45, 7) is 3.58. The molecule has 0 saturated heterocycles. The minimum Gasteiger partial charge on any atom is -0.465 e. The van der Waals surface area contributed by atoms with Gasteiger partial charge in [0.15, 0.2) is 6.29 Å². The van der Waals surface area contributed by atoms with Gasteiger partial charge in [-0.2, -0.15) is 0 Å². The molecule has 1 heterocycles. The summed E-state index contributed by atoms with van der Waals surface area (Å²) in [5, 5.41) is 0. The van der Waals surface area contributed by atoms with Gasteiger partial charge in [-0.1, -0.05) is 30.9 Å². The molecule has 0 radical (unpaired) electrons. The maximum atomic E-state index is 14.9. The van der Waals surface area contributed by atoms with E-state index in [1.807, 2.05) is 0 Å². The highest BCUT2D eigenvalue weighted by Gasteiger charge is 2.22. The van der Waals surface area contributed by atoms with Crippen molar-refractivity contribution in [2.45, 2.75) is 19.1 Å². The first-order valence-corrected chi connectivity index (χ1v) is 9.24. The lowest BCUT2D eigenvalue weighted by Gasteiger charge is -2.25. The van der Waals surface area contributed by atoms with Crippen LogP contribution in [0.5, 0.6) is 5.75 Å². The summed E-state index contributed by atoms with van der Waals surface area (Å²) in [5.41, 5.74) is 1.99. The third-order valence-electron chi connectivity index (χ3n) is 5.10. The van der Waals surface area contributed by atoms with E-state index in [0.717, 1.165) is 17.7 Å². The Morgan fingerprint density at radius 3 is 2.38 bits per heavy atom. The van der Waals surface area contributed by atoms with Gasteiger partial charge in [0.1, 0.15) is 23.2 Å². The molecular weight excluding hydrogens is 377 g/mol. The molecular formula is C24H19F3O2. The van der Waals surface area contributed by atoms with E-state index in [1.54, 1.807) is 31.4 Å². The van der Waals surface area contributed by atoms with Crippen LogP contribution in [0.1, 0.15) is 17.5 Å². The maximum absolute atomic E-state index is 14.9. The fraction of sp³-hybridized carbons (Fsp3) is 0.167. The largest absolute Gasteiger partial charge is 0.465 e. The molecule has 0 saturated carbocycles. The highest BCUT2D eigenvalue weighted by molar-refractivity contribution is 5.73. The molecule has 0 N–H and O–H groups in total. The molecule has 29 heavy (non-hydrogen) atoms. The fourth-order valence-corrected chi connectivity index (χ4v) is 3.58. The van der Waals surface area contributed by atoms with Gasteiger partial charge < -0.3 is 9.47 Å². The lowest BCUT2D eigenvalue weighted by Crippen LogP contribution is -2.24. The van der Waals surface area contributed by atoms with Gasteiger partial charge >= 0.3 is 0 Å². The van der Waals surface area contributed by atoms with Crippen LogP contribution in [0, 0.1) is 17.5 Å². The Bertz CT molecular complexity index is 1070. The normalized spacial score (nSPS) is 15.5. The smallest absolute Gasteiger partial charge is 0.199 e. The third kappa shape index (κ3) is 3.66. The molecule has 5 heteroatoms. The first-order valence-electron chi connectivity index (χ1n) is 9.24. The van der Waals surface area contributed by atoms with E-state index in [4.69, 9.17) is 9.47 Å². The average Bonchev–Trinajstić information content (AvgIpc) is 2.72. The van der Waals surface area contributed by atoms with E-state index in [-0.39, 0.29) is 23.0 Å². The second kappa shape index (κ2) is 7.76. The van der Waals surface area contributed by atoms with Gasteiger partial charge in [0.25, 0.3) is 0 Å². The van der Waals surface area contributed by atoms with Crippen LogP contribution in [-0.2, 0) is 11.2 Å². The number of hydrogen-bond donors (Lipinski definition) is 0. The minimum atomic E-state index is -0.751. The molecule has 3 aromatic rings. The van der Waals surface area contributed by atoms with Crippen molar-refractivity contribution in [3.05, 3.63) is 83.7 Å². The van der Waals surface area contributed by atoms with E-state index in [9.17, 15) is 13.2 Å². The predicted molar refractivity (Wildman–Crippen MR) is 107 cm³/mol. The van der Waals surface area contributed by atoms with Crippen LogP contribution in [0.3, 0.4) is 0 Å². The molecule has 0 bridgehead atoms. The number of rotatable bonds is 4. The van der Waals surface area contributed by atoms with Crippen molar-refractivity contribution < 1.29 is 22.6 Å². The van der Waals surface area contributed by atoms with Crippen LogP contribution in [0.2, 0.25) is 0 Å². The van der Waals surface area contributed by atoms with Crippen molar-refractivity contribution in [2.24, 2.45) is 0 Å². The number of methoxy groups -OCH3 is 1. The Balaban J connectivity index is 1.73. The quantitative estimate of drug-likeness (QED) is 0.510. The standard InChI is InChI=1S/C24H19F3O2/c1-3-14-4-7-18(19(25)10-14)17-12-20(26)24(21(27)13-17)16-5-8-22-15(11-16)6-9-23(28-2)29-22/h3-5,7-8,10-13,23H,1,6,9H2,2H3. The third-order valence-corrected chi connectivity index (χ3v) is 5.10. The summed E-state index contributed by atoms with van der Waals surface area (Å²) in [6, 6.07) is 11.7. The summed E-state index contributed by atoms with van der Waals surface area (Å²) in [5.74, 6) is -1.42. The summed E-state index contributed by atoms with van der Waals surface area (Å²) in [6.07, 6.45) is 2.54. The summed E-state index contributed by atoms with van der Waals surface area (Å²) < 4.78 is 55.0. The highest BCUT2D eigenvalue weighted by Crippen LogP contribution is 2.36. The molecule has 1 aliphatic heterocycles. The molecule has 0 amide bonds. The first-order chi connectivity index (χ1) is 14.0. The van der Waals surface area contributed by atoms with Gasteiger partial charge in [-0.25, -0.2) is 13.2 Å².